The molecule has 158 valence electrons. The Morgan fingerprint density at radius 2 is 1.71 bits per heavy atom. The maximum absolute atomic E-state index is 12.8. The minimum Gasteiger partial charge on any atom is -0.378 e. The van der Waals surface area contributed by atoms with Crippen molar-refractivity contribution in [2.24, 2.45) is 5.10 Å². The number of carbonyl (C=O) groups is 2. The van der Waals surface area contributed by atoms with Gasteiger partial charge in [0.05, 0.1) is 6.21 Å². The number of nitrogens with one attached hydrogen (secondary N) is 2. The Morgan fingerprint density at radius 1 is 1.00 bits per heavy atom. The molecule has 2 N–H and O–H groups in total. The molecule has 1 heterocycles. The van der Waals surface area contributed by atoms with E-state index in [9.17, 15) is 9.59 Å². The number of anilines is 1. The van der Waals surface area contributed by atoms with E-state index in [1.807, 2.05) is 67.7 Å². The van der Waals surface area contributed by atoms with E-state index in [0.717, 1.165) is 21.7 Å². The Balaban J connectivity index is 1.82. The number of thiophene rings is 1. The molecule has 0 saturated heterocycles. The van der Waals surface area contributed by atoms with Crippen LogP contribution in [0, 0.1) is 6.92 Å². The molecule has 3 aromatic rings. The molecule has 1 aromatic heterocycles. The van der Waals surface area contributed by atoms with Crippen LogP contribution in [0.2, 0.25) is 0 Å². The van der Waals surface area contributed by atoms with Gasteiger partial charge in [0.1, 0.15) is 5.70 Å². The van der Waals surface area contributed by atoms with Crippen LogP contribution in [-0.4, -0.2) is 32.1 Å². The Labute approximate surface area is 185 Å². The summed E-state index contributed by atoms with van der Waals surface area (Å²) < 4.78 is 0. The van der Waals surface area contributed by atoms with Gasteiger partial charge in [-0.25, -0.2) is 5.43 Å². The van der Waals surface area contributed by atoms with Gasteiger partial charge in [-0.05, 0) is 59.8 Å². The average molecular weight is 433 g/mol. The van der Waals surface area contributed by atoms with Gasteiger partial charge in [0.2, 0.25) is 0 Å². The van der Waals surface area contributed by atoms with Gasteiger partial charge in [-0.3, -0.25) is 9.59 Å². The first-order valence-electron chi connectivity index (χ1n) is 9.67. The highest BCUT2D eigenvalue weighted by Gasteiger charge is 2.14. The predicted octanol–water partition coefficient (Wildman–Crippen LogP) is 4.04. The van der Waals surface area contributed by atoms with Crippen LogP contribution in [0.3, 0.4) is 0 Å². The van der Waals surface area contributed by atoms with Gasteiger partial charge in [-0.2, -0.15) is 5.10 Å². The fourth-order valence-electron chi connectivity index (χ4n) is 2.70. The Kier molecular flexibility index (Phi) is 7.35. The summed E-state index contributed by atoms with van der Waals surface area (Å²) in [7, 11) is 3.91. The van der Waals surface area contributed by atoms with Crippen molar-refractivity contribution in [1.82, 2.24) is 10.7 Å². The molecule has 0 aliphatic rings. The second kappa shape index (κ2) is 10.4. The maximum Gasteiger partial charge on any atom is 0.287 e. The molecule has 3 rings (SSSR count). The second-order valence-electron chi connectivity index (χ2n) is 7.03. The summed E-state index contributed by atoms with van der Waals surface area (Å²) in [5.74, 6) is -0.878. The van der Waals surface area contributed by atoms with Crippen LogP contribution in [0.15, 0.2) is 76.8 Å². The molecular formula is C24H24N4O2S. The minimum atomic E-state index is -0.508. The first-order chi connectivity index (χ1) is 14.9. The van der Waals surface area contributed by atoms with Crippen LogP contribution in [0.1, 0.15) is 26.4 Å². The zero-order valence-electron chi connectivity index (χ0n) is 17.6. The lowest BCUT2D eigenvalue weighted by Gasteiger charge is -2.12. The second-order valence-corrected chi connectivity index (χ2v) is 7.98. The summed E-state index contributed by atoms with van der Waals surface area (Å²) in [6, 6.07) is 18.4. The summed E-state index contributed by atoms with van der Waals surface area (Å²) in [6.45, 7) is 1.97. The highest BCUT2D eigenvalue weighted by atomic mass is 32.1. The van der Waals surface area contributed by atoms with Crippen molar-refractivity contribution >= 4 is 41.1 Å². The van der Waals surface area contributed by atoms with Crippen molar-refractivity contribution in [3.05, 3.63) is 93.3 Å². The highest BCUT2D eigenvalue weighted by molar-refractivity contribution is 7.11. The topological polar surface area (TPSA) is 73.8 Å². The standard InChI is InChI=1S/C24H24N4O2S/c1-17-13-14-31-22(17)16-25-27-24(30)21(26-23(29)19-7-5-4-6-8-19)15-18-9-11-20(12-10-18)28(2)3/h4-16H,1-3H3,(H,26,29)(H,27,30)/b21-15+,25-16+. The van der Waals surface area contributed by atoms with Crippen molar-refractivity contribution in [1.29, 1.82) is 0 Å². The van der Waals surface area contributed by atoms with Gasteiger partial charge in [0, 0.05) is 30.2 Å². The predicted molar refractivity (Wildman–Crippen MR) is 127 cm³/mol. The molecule has 0 fully saturated rings. The van der Waals surface area contributed by atoms with Crippen molar-refractivity contribution in [3.63, 3.8) is 0 Å². The molecule has 0 bridgehead atoms. The van der Waals surface area contributed by atoms with E-state index < -0.39 is 5.91 Å². The third-order valence-corrected chi connectivity index (χ3v) is 5.45. The van der Waals surface area contributed by atoms with Crippen LogP contribution in [0.5, 0.6) is 0 Å². The van der Waals surface area contributed by atoms with Crippen LogP contribution in [0.4, 0.5) is 5.69 Å². The van der Waals surface area contributed by atoms with Gasteiger partial charge in [0.25, 0.3) is 11.8 Å². The quantitative estimate of drug-likeness (QED) is 0.336. The van der Waals surface area contributed by atoms with Crippen LogP contribution >= 0.6 is 11.3 Å². The molecule has 0 unspecified atom stereocenters. The van der Waals surface area contributed by atoms with E-state index in [4.69, 9.17) is 0 Å². The van der Waals surface area contributed by atoms with Crippen molar-refractivity contribution < 1.29 is 9.59 Å². The van der Waals surface area contributed by atoms with Crippen LogP contribution in [0.25, 0.3) is 6.08 Å². The van der Waals surface area contributed by atoms with E-state index in [0.29, 0.717) is 5.56 Å². The van der Waals surface area contributed by atoms with E-state index in [2.05, 4.69) is 15.8 Å². The Hall–Kier alpha value is -3.71. The average Bonchev–Trinajstić information content (AvgIpc) is 3.18. The number of hydrazone groups is 1. The third kappa shape index (κ3) is 6.13. The molecule has 0 aliphatic heterocycles. The Morgan fingerprint density at radius 3 is 2.32 bits per heavy atom. The molecule has 7 heteroatoms. The third-order valence-electron chi connectivity index (χ3n) is 4.50. The normalized spacial score (nSPS) is 11.4. The fraction of sp³-hybridized carbons (Fsp3) is 0.125. The number of amides is 2. The van der Waals surface area contributed by atoms with Crippen molar-refractivity contribution in [3.8, 4) is 0 Å². The molecular weight excluding hydrogens is 408 g/mol. The summed E-state index contributed by atoms with van der Waals surface area (Å²) in [5, 5.41) is 8.70. The monoisotopic (exact) mass is 432 g/mol. The van der Waals surface area contributed by atoms with Gasteiger partial charge in [-0.1, -0.05) is 30.3 Å². The van der Waals surface area contributed by atoms with E-state index in [-0.39, 0.29) is 11.6 Å². The number of hydrogen-bond donors (Lipinski definition) is 2. The zero-order valence-corrected chi connectivity index (χ0v) is 18.4. The molecule has 0 radical (unpaired) electrons. The molecule has 0 atom stereocenters. The number of benzene rings is 2. The molecule has 0 aliphatic carbocycles. The largest absolute Gasteiger partial charge is 0.378 e. The number of rotatable bonds is 7. The van der Waals surface area contributed by atoms with Gasteiger partial charge in [0.15, 0.2) is 0 Å². The zero-order chi connectivity index (χ0) is 22.2. The molecule has 0 saturated carbocycles. The minimum absolute atomic E-state index is 0.103. The van der Waals surface area contributed by atoms with Crippen LogP contribution in [-0.2, 0) is 4.79 Å². The first kappa shape index (κ1) is 22.0. The van der Waals surface area contributed by atoms with Crippen molar-refractivity contribution in [2.45, 2.75) is 6.92 Å². The van der Waals surface area contributed by atoms with E-state index in [1.54, 1.807) is 36.6 Å². The fourth-order valence-corrected chi connectivity index (χ4v) is 3.49. The molecule has 0 spiro atoms. The lowest BCUT2D eigenvalue weighted by molar-refractivity contribution is -0.117. The molecule has 6 nitrogen and oxygen atoms in total. The number of carbonyl (C=O) groups excluding carboxylic acids is 2. The first-order valence-corrected chi connectivity index (χ1v) is 10.5. The maximum atomic E-state index is 12.8. The summed E-state index contributed by atoms with van der Waals surface area (Å²) >= 11 is 1.53. The molecule has 2 amide bonds. The van der Waals surface area contributed by atoms with Crippen molar-refractivity contribution in [2.75, 3.05) is 19.0 Å². The number of aryl methyl sites for hydroxylation is 1. The SMILES string of the molecule is Cc1ccsc1/C=N/NC(=O)/C(=C\c1ccc(N(C)C)cc1)NC(=O)c1ccccc1. The molecule has 31 heavy (non-hydrogen) atoms. The Bertz CT molecular complexity index is 1100. The highest BCUT2D eigenvalue weighted by Crippen LogP contribution is 2.15. The van der Waals surface area contributed by atoms with E-state index >= 15 is 0 Å². The summed E-state index contributed by atoms with van der Waals surface area (Å²) in [4.78, 5) is 28.4. The summed E-state index contributed by atoms with van der Waals surface area (Å²) in [5.41, 5.74) is 5.96. The smallest absolute Gasteiger partial charge is 0.287 e. The van der Waals surface area contributed by atoms with Gasteiger partial charge < -0.3 is 10.2 Å². The summed E-state index contributed by atoms with van der Waals surface area (Å²) in [6.07, 6.45) is 3.22. The number of nitrogens with zero attached hydrogens (tertiary/aromatic N) is 2. The van der Waals surface area contributed by atoms with E-state index in [1.165, 1.54) is 11.3 Å². The van der Waals surface area contributed by atoms with Gasteiger partial charge >= 0.3 is 0 Å². The molecule has 2 aromatic carbocycles. The van der Waals surface area contributed by atoms with Gasteiger partial charge in [-0.15, -0.1) is 11.3 Å². The van der Waals surface area contributed by atoms with Crippen LogP contribution < -0.4 is 15.6 Å². The lowest BCUT2D eigenvalue weighted by Crippen LogP contribution is -2.32. The number of hydrogen-bond acceptors (Lipinski definition) is 5. The lowest BCUT2D eigenvalue weighted by atomic mass is 10.1.